The van der Waals surface area contributed by atoms with Gasteiger partial charge in [-0.1, -0.05) is 18.6 Å². The van der Waals surface area contributed by atoms with Crippen molar-refractivity contribution < 1.29 is 4.74 Å². The van der Waals surface area contributed by atoms with Crippen LogP contribution in [0.3, 0.4) is 0 Å². The zero-order valence-electron chi connectivity index (χ0n) is 13.5. The first kappa shape index (κ1) is 15.3. The normalized spacial score (nSPS) is 17.0. The molecule has 1 saturated heterocycles. The van der Waals surface area contributed by atoms with Crippen LogP contribution in [0.25, 0.3) is 10.9 Å². The lowest BCUT2D eigenvalue weighted by atomic mass is 10.0. The quantitative estimate of drug-likeness (QED) is 0.943. The van der Waals surface area contributed by atoms with E-state index in [2.05, 4.69) is 43.0 Å². The first-order valence-electron chi connectivity index (χ1n) is 8.16. The molecule has 1 aromatic carbocycles. The molecule has 2 heterocycles. The van der Waals surface area contributed by atoms with Gasteiger partial charge in [0.05, 0.1) is 18.7 Å². The van der Waals surface area contributed by atoms with Crippen molar-refractivity contribution in [3.8, 4) is 0 Å². The van der Waals surface area contributed by atoms with Crippen molar-refractivity contribution in [2.75, 3.05) is 31.2 Å². The van der Waals surface area contributed by atoms with Gasteiger partial charge in [-0.15, -0.1) is 0 Å². The first-order valence-corrected chi connectivity index (χ1v) is 8.16. The van der Waals surface area contributed by atoms with Crippen molar-refractivity contribution >= 4 is 16.7 Å². The monoisotopic (exact) mass is 299 g/mol. The van der Waals surface area contributed by atoms with Crippen LogP contribution < -0.4 is 10.6 Å². The van der Waals surface area contributed by atoms with Gasteiger partial charge in [0.1, 0.15) is 5.82 Å². The number of hydrogen-bond acceptors (Lipinski definition) is 4. The Balaban J connectivity index is 2.05. The summed E-state index contributed by atoms with van der Waals surface area (Å²) < 4.78 is 5.47. The van der Waals surface area contributed by atoms with E-state index in [-0.39, 0.29) is 6.04 Å². The van der Waals surface area contributed by atoms with Crippen LogP contribution in [0.5, 0.6) is 0 Å². The van der Waals surface area contributed by atoms with Crippen LogP contribution in [-0.2, 0) is 11.2 Å². The summed E-state index contributed by atoms with van der Waals surface area (Å²) in [6.07, 6.45) is 1.86. The molecule has 4 nitrogen and oxygen atoms in total. The minimum atomic E-state index is 0.184. The van der Waals surface area contributed by atoms with E-state index in [4.69, 9.17) is 15.5 Å². The zero-order valence-corrected chi connectivity index (χ0v) is 13.5. The highest BCUT2D eigenvalue weighted by atomic mass is 16.5. The Bertz CT molecular complexity index is 650. The molecule has 3 rings (SSSR count). The molecule has 2 aromatic rings. The Morgan fingerprint density at radius 3 is 2.77 bits per heavy atom. The number of hydrogen-bond donors (Lipinski definition) is 1. The maximum absolute atomic E-state index is 6.21. The molecule has 1 aliphatic heterocycles. The van der Waals surface area contributed by atoms with E-state index >= 15 is 0 Å². The SMILES string of the molecule is CCC(N)Cc1cc2cc(C)ccc2nc1N1CCOCC1. The molecule has 0 radical (unpaired) electrons. The number of aryl methyl sites for hydroxylation is 1. The van der Waals surface area contributed by atoms with Gasteiger partial charge in [-0.3, -0.25) is 0 Å². The van der Waals surface area contributed by atoms with Gasteiger partial charge in [0, 0.05) is 24.5 Å². The third-order valence-electron chi connectivity index (χ3n) is 4.34. The fourth-order valence-corrected chi connectivity index (χ4v) is 2.96. The third kappa shape index (κ3) is 3.23. The maximum atomic E-state index is 6.21. The molecule has 0 saturated carbocycles. The van der Waals surface area contributed by atoms with E-state index in [9.17, 15) is 0 Å². The highest BCUT2D eigenvalue weighted by molar-refractivity contribution is 5.82. The Kier molecular flexibility index (Phi) is 4.60. The van der Waals surface area contributed by atoms with Gasteiger partial charge < -0.3 is 15.4 Å². The van der Waals surface area contributed by atoms with E-state index < -0.39 is 0 Å². The minimum Gasteiger partial charge on any atom is -0.378 e. The zero-order chi connectivity index (χ0) is 15.5. The number of fused-ring (bicyclic) bond motifs is 1. The molecule has 22 heavy (non-hydrogen) atoms. The van der Waals surface area contributed by atoms with Crippen LogP contribution in [0.15, 0.2) is 24.3 Å². The van der Waals surface area contributed by atoms with Crippen molar-refractivity contribution in [1.82, 2.24) is 4.98 Å². The van der Waals surface area contributed by atoms with Crippen molar-refractivity contribution in [1.29, 1.82) is 0 Å². The van der Waals surface area contributed by atoms with Crippen LogP contribution in [-0.4, -0.2) is 37.3 Å². The first-order chi connectivity index (χ1) is 10.7. The van der Waals surface area contributed by atoms with Crippen molar-refractivity contribution in [2.45, 2.75) is 32.7 Å². The molecule has 1 aliphatic rings. The molecule has 0 bridgehead atoms. The summed E-state index contributed by atoms with van der Waals surface area (Å²) in [6.45, 7) is 7.60. The Morgan fingerprint density at radius 1 is 1.27 bits per heavy atom. The molecule has 0 spiro atoms. The summed E-state index contributed by atoms with van der Waals surface area (Å²) in [4.78, 5) is 7.28. The second-order valence-electron chi connectivity index (χ2n) is 6.14. The summed E-state index contributed by atoms with van der Waals surface area (Å²) in [6, 6.07) is 8.89. The van der Waals surface area contributed by atoms with E-state index in [0.717, 1.165) is 50.5 Å². The third-order valence-corrected chi connectivity index (χ3v) is 4.34. The Hall–Kier alpha value is -1.65. The Labute approximate surface area is 132 Å². The van der Waals surface area contributed by atoms with Gasteiger partial charge in [-0.2, -0.15) is 0 Å². The van der Waals surface area contributed by atoms with E-state index in [1.54, 1.807) is 0 Å². The highest BCUT2D eigenvalue weighted by Gasteiger charge is 2.18. The highest BCUT2D eigenvalue weighted by Crippen LogP contribution is 2.26. The molecule has 1 aromatic heterocycles. The molecule has 2 N–H and O–H groups in total. The van der Waals surface area contributed by atoms with Crippen LogP contribution in [0.2, 0.25) is 0 Å². The molecule has 0 amide bonds. The molecule has 118 valence electrons. The number of rotatable bonds is 4. The average molecular weight is 299 g/mol. The summed E-state index contributed by atoms with van der Waals surface area (Å²) in [5, 5.41) is 1.20. The van der Waals surface area contributed by atoms with Crippen LogP contribution in [0.4, 0.5) is 5.82 Å². The summed E-state index contributed by atoms with van der Waals surface area (Å²) >= 11 is 0. The largest absolute Gasteiger partial charge is 0.378 e. The molecular formula is C18H25N3O. The van der Waals surface area contributed by atoms with Gasteiger partial charge in [-0.05, 0) is 43.5 Å². The van der Waals surface area contributed by atoms with Gasteiger partial charge >= 0.3 is 0 Å². The molecular weight excluding hydrogens is 274 g/mol. The van der Waals surface area contributed by atoms with E-state index in [1.165, 1.54) is 16.5 Å². The van der Waals surface area contributed by atoms with E-state index in [1.807, 2.05) is 0 Å². The number of ether oxygens (including phenoxy) is 1. The molecule has 1 unspecified atom stereocenters. The van der Waals surface area contributed by atoms with Crippen LogP contribution in [0.1, 0.15) is 24.5 Å². The summed E-state index contributed by atoms with van der Waals surface area (Å²) in [5.41, 5.74) is 9.78. The van der Waals surface area contributed by atoms with Crippen molar-refractivity contribution in [3.63, 3.8) is 0 Å². The van der Waals surface area contributed by atoms with Crippen LogP contribution in [0, 0.1) is 6.92 Å². The average Bonchev–Trinajstić information content (AvgIpc) is 2.54. The van der Waals surface area contributed by atoms with Crippen molar-refractivity contribution in [2.24, 2.45) is 5.73 Å². The summed E-state index contributed by atoms with van der Waals surface area (Å²) in [5.74, 6) is 1.09. The number of anilines is 1. The Morgan fingerprint density at radius 2 is 2.05 bits per heavy atom. The molecule has 4 heteroatoms. The second kappa shape index (κ2) is 6.63. The molecule has 1 atom stereocenters. The fourth-order valence-electron chi connectivity index (χ4n) is 2.96. The predicted octanol–water partition coefficient (Wildman–Crippen LogP) is 2.66. The van der Waals surface area contributed by atoms with Crippen LogP contribution >= 0.6 is 0 Å². The smallest absolute Gasteiger partial charge is 0.132 e. The van der Waals surface area contributed by atoms with Gasteiger partial charge in [0.25, 0.3) is 0 Å². The summed E-state index contributed by atoms with van der Waals surface area (Å²) in [7, 11) is 0. The van der Waals surface area contributed by atoms with Gasteiger partial charge in [0.2, 0.25) is 0 Å². The number of benzene rings is 1. The lowest BCUT2D eigenvalue weighted by molar-refractivity contribution is 0.122. The van der Waals surface area contributed by atoms with Gasteiger partial charge in [0.15, 0.2) is 0 Å². The number of aromatic nitrogens is 1. The molecule has 1 fully saturated rings. The van der Waals surface area contributed by atoms with E-state index in [0.29, 0.717) is 0 Å². The minimum absolute atomic E-state index is 0.184. The predicted molar refractivity (Wildman–Crippen MR) is 91.5 cm³/mol. The number of pyridine rings is 1. The topological polar surface area (TPSA) is 51.4 Å². The lowest BCUT2D eigenvalue weighted by Crippen LogP contribution is -2.38. The van der Waals surface area contributed by atoms with Gasteiger partial charge in [-0.25, -0.2) is 4.98 Å². The van der Waals surface area contributed by atoms with Crippen molar-refractivity contribution in [3.05, 3.63) is 35.4 Å². The lowest BCUT2D eigenvalue weighted by Gasteiger charge is -2.30. The number of nitrogens with zero attached hydrogens (tertiary/aromatic N) is 2. The number of morpholine rings is 1. The fraction of sp³-hybridized carbons (Fsp3) is 0.500. The molecule has 0 aliphatic carbocycles. The number of nitrogens with two attached hydrogens (primary N) is 1. The second-order valence-corrected chi connectivity index (χ2v) is 6.14. The maximum Gasteiger partial charge on any atom is 0.132 e. The standard InChI is InChI=1S/C18H25N3O/c1-3-16(19)12-15-11-14-10-13(2)4-5-17(14)20-18(15)21-6-8-22-9-7-21/h4-5,10-11,16H,3,6-9,12,19H2,1-2H3.